The summed E-state index contributed by atoms with van der Waals surface area (Å²) in [4.78, 5) is 0. The van der Waals surface area contributed by atoms with Crippen LogP contribution in [0, 0.1) is 11.8 Å². The molecule has 16 heavy (non-hydrogen) atoms. The molecule has 2 saturated carbocycles. The normalized spacial score (nSPS) is 33.6. The molecule has 0 aliphatic heterocycles. The second-order valence-electron chi connectivity index (χ2n) is 6.23. The fraction of sp³-hybridized carbons (Fsp3) is 1.00. The monoisotopic (exact) mass is 223 g/mol. The fourth-order valence-corrected chi connectivity index (χ4v) is 3.56. The SMILES string of the molecule is CC1CCCC(CNC2CCCCCC2)C1. The Morgan fingerprint density at radius 2 is 1.62 bits per heavy atom. The molecule has 0 aromatic rings. The molecule has 94 valence electrons. The van der Waals surface area contributed by atoms with Crippen molar-refractivity contribution in [3.63, 3.8) is 0 Å². The molecule has 2 rings (SSSR count). The Balaban J connectivity index is 1.65. The third-order valence-electron chi connectivity index (χ3n) is 4.60. The van der Waals surface area contributed by atoms with Gasteiger partial charge in [0, 0.05) is 6.04 Å². The second-order valence-corrected chi connectivity index (χ2v) is 6.23. The highest BCUT2D eigenvalue weighted by Crippen LogP contribution is 2.28. The van der Waals surface area contributed by atoms with Crippen LogP contribution in [0.15, 0.2) is 0 Å². The first-order valence-corrected chi connectivity index (χ1v) is 7.58. The number of rotatable bonds is 3. The summed E-state index contributed by atoms with van der Waals surface area (Å²) in [5.41, 5.74) is 0. The summed E-state index contributed by atoms with van der Waals surface area (Å²) in [6.07, 6.45) is 14.6. The van der Waals surface area contributed by atoms with Crippen molar-refractivity contribution < 1.29 is 0 Å². The van der Waals surface area contributed by atoms with E-state index in [0.29, 0.717) is 0 Å². The molecule has 2 fully saturated rings. The maximum atomic E-state index is 3.85. The minimum atomic E-state index is 0.847. The van der Waals surface area contributed by atoms with Gasteiger partial charge in [0.2, 0.25) is 0 Å². The van der Waals surface area contributed by atoms with E-state index in [1.54, 1.807) is 0 Å². The molecule has 2 atom stereocenters. The van der Waals surface area contributed by atoms with Gasteiger partial charge in [-0.15, -0.1) is 0 Å². The van der Waals surface area contributed by atoms with Crippen molar-refractivity contribution in [3.8, 4) is 0 Å². The second kappa shape index (κ2) is 6.64. The van der Waals surface area contributed by atoms with Crippen LogP contribution in [0.25, 0.3) is 0 Å². The van der Waals surface area contributed by atoms with Gasteiger partial charge < -0.3 is 5.32 Å². The summed E-state index contributed by atoms with van der Waals surface area (Å²) in [6, 6.07) is 0.847. The topological polar surface area (TPSA) is 12.0 Å². The largest absolute Gasteiger partial charge is 0.314 e. The van der Waals surface area contributed by atoms with Gasteiger partial charge in [0.05, 0.1) is 0 Å². The van der Waals surface area contributed by atoms with Crippen molar-refractivity contribution in [1.82, 2.24) is 5.32 Å². The summed E-state index contributed by atoms with van der Waals surface area (Å²) >= 11 is 0. The van der Waals surface area contributed by atoms with Crippen LogP contribution in [0.5, 0.6) is 0 Å². The molecule has 1 N–H and O–H groups in total. The summed E-state index contributed by atoms with van der Waals surface area (Å²) in [5.74, 6) is 1.96. The highest BCUT2D eigenvalue weighted by Gasteiger charge is 2.20. The van der Waals surface area contributed by atoms with Crippen LogP contribution in [0.1, 0.15) is 71.1 Å². The standard InChI is InChI=1S/C15H29N/c1-13-7-6-8-14(11-13)12-16-15-9-4-2-3-5-10-15/h13-16H,2-12H2,1H3. The van der Waals surface area contributed by atoms with Gasteiger partial charge in [-0.25, -0.2) is 0 Å². The van der Waals surface area contributed by atoms with Crippen molar-refractivity contribution in [3.05, 3.63) is 0 Å². The maximum Gasteiger partial charge on any atom is 0.00671 e. The van der Waals surface area contributed by atoms with E-state index in [1.807, 2.05) is 0 Å². The molecule has 0 bridgehead atoms. The molecule has 0 saturated heterocycles. The van der Waals surface area contributed by atoms with Crippen molar-refractivity contribution in [2.24, 2.45) is 11.8 Å². The lowest BCUT2D eigenvalue weighted by Gasteiger charge is -2.28. The number of hydrogen-bond acceptors (Lipinski definition) is 1. The van der Waals surface area contributed by atoms with Gasteiger partial charge in [-0.3, -0.25) is 0 Å². The molecule has 2 unspecified atom stereocenters. The van der Waals surface area contributed by atoms with E-state index < -0.39 is 0 Å². The van der Waals surface area contributed by atoms with E-state index in [4.69, 9.17) is 0 Å². The van der Waals surface area contributed by atoms with Crippen molar-refractivity contribution >= 4 is 0 Å². The van der Waals surface area contributed by atoms with Crippen LogP contribution in [-0.4, -0.2) is 12.6 Å². The Labute approximate surface area is 101 Å². The lowest BCUT2D eigenvalue weighted by atomic mass is 9.82. The summed E-state index contributed by atoms with van der Waals surface area (Å²) in [6.45, 7) is 3.73. The van der Waals surface area contributed by atoms with Gasteiger partial charge >= 0.3 is 0 Å². The summed E-state index contributed by atoms with van der Waals surface area (Å²) < 4.78 is 0. The van der Waals surface area contributed by atoms with Crippen LogP contribution in [0.2, 0.25) is 0 Å². The highest BCUT2D eigenvalue weighted by atomic mass is 14.9. The quantitative estimate of drug-likeness (QED) is 0.710. The minimum Gasteiger partial charge on any atom is -0.314 e. The molecular weight excluding hydrogens is 194 g/mol. The van der Waals surface area contributed by atoms with Crippen LogP contribution < -0.4 is 5.32 Å². The Morgan fingerprint density at radius 3 is 2.31 bits per heavy atom. The lowest BCUT2D eigenvalue weighted by molar-refractivity contribution is 0.263. The van der Waals surface area contributed by atoms with E-state index in [0.717, 1.165) is 17.9 Å². The molecule has 1 nitrogen and oxygen atoms in total. The van der Waals surface area contributed by atoms with Gasteiger partial charge in [-0.2, -0.15) is 0 Å². The number of nitrogens with one attached hydrogen (secondary N) is 1. The van der Waals surface area contributed by atoms with E-state index >= 15 is 0 Å². The van der Waals surface area contributed by atoms with E-state index in [1.165, 1.54) is 70.8 Å². The zero-order valence-corrected chi connectivity index (χ0v) is 11.0. The van der Waals surface area contributed by atoms with Crippen molar-refractivity contribution in [2.45, 2.75) is 77.2 Å². The predicted octanol–water partition coefficient (Wildman–Crippen LogP) is 4.13. The van der Waals surface area contributed by atoms with Gasteiger partial charge in [-0.05, 0) is 44.1 Å². The average Bonchev–Trinajstić information content (AvgIpc) is 2.55. The Morgan fingerprint density at radius 1 is 0.875 bits per heavy atom. The molecule has 0 radical (unpaired) electrons. The van der Waals surface area contributed by atoms with Crippen LogP contribution in [-0.2, 0) is 0 Å². The van der Waals surface area contributed by atoms with Crippen LogP contribution in [0.4, 0.5) is 0 Å². The zero-order chi connectivity index (χ0) is 11.2. The molecular formula is C15H29N. The molecule has 0 heterocycles. The fourth-order valence-electron chi connectivity index (χ4n) is 3.56. The zero-order valence-electron chi connectivity index (χ0n) is 11.0. The minimum absolute atomic E-state index is 0.847. The Bertz CT molecular complexity index is 180. The van der Waals surface area contributed by atoms with Gasteiger partial charge in [0.1, 0.15) is 0 Å². The molecule has 0 spiro atoms. The summed E-state index contributed by atoms with van der Waals surface area (Å²) in [5, 5.41) is 3.85. The molecule has 2 aliphatic carbocycles. The predicted molar refractivity (Wildman–Crippen MR) is 70.6 cm³/mol. The molecule has 2 aliphatic rings. The van der Waals surface area contributed by atoms with Gasteiger partial charge in [0.15, 0.2) is 0 Å². The maximum absolute atomic E-state index is 3.85. The first-order chi connectivity index (χ1) is 7.84. The van der Waals surface area contributed by atoms with Crippen molar-refractivity contribution in [1.29, 1.82) is 0 Å². The highest BCUT2D eigenvalue weighted by molar-refractivity contribution is 4.76. The third kappa shape index (κ3) is 4.08. The Hall–Kier alpha value is -0.0400. The van der Waals surface area contributed by atoms with E-state index in [9.17, 15) is 0 Å². The molecule has 1 heteroatoms. The van der Waals surface area contributed by atoms with Crippen LogP contribution >= 0.6 is 0 Å². The van der Waals surface area contributed by atoms with Gasteiger partial charge in [-0.1, -0.05) is 45.4 Å². The Kier molecular flexibility index (Phi) is 5.15. The first-order valence-electron chi connectivity index (χ1n) is 7.58. The smallest absolute Gasteiger partial charge is 0.00671 e. The van der Waals surface area contributed by atoms with E-state index in [-0.39, 0.29) is 0 Å². The third-order valence-corrected chi connectivity index (χ3v) is 4.60. The molecule has 0 aromatic heterocycles. The number of hydrogen-bond donors (Lipinski definition) is 1. The molecule has 0 amide bonds. The summed E-state index contributed by atoms with van der Waals surface area (Å²) in [7, 11) is 0. The van der Waals surface area contributed by atoms with E-state index in [2.05, 4.69) is 12.2 Å². The van der Waals surface area contributed by atoms with Crippen molar-refractivity contribution in [2.75, 3.05) is 6.54 Å². The van der Waals surface area contributed by atoms with Gasteiger partial charge in [0.25, 0.3) is 0 Å². The first kappa shape index (κ1) is 12.4. The lowest BCUT2D eigenvalue weighted by Crippen LogP contribution is -2.34. The van der Waals surface area contributed by atoms with Crippen LogP contribution in [0.3, 0.4) is 0 Å². The molecule has 0 aromatic carbocycles. The average molecular weight is 223 g/mol.